The van der Waals surface area contributed by atoms with Gasteiger partial charge in [0.05, 0.1) is 37.8 Å². The van der Waals surface area contributed by atoms with Gasteiger partial charge in [0.25, 0.3) is 0 Å². The van der Waals surface area contributed by atoms with Crippen molar-refractivity contribution in [2.45, 2.75) is 184 Å². The Morgan fingerprint density at radius 1 is 0.576 bits per heavy atom. The molecule has 4 fully saturated rings. The molecular weight excluding hydrogens is 1190 g/mol. The van der Waals surface area contributed by atoms with Gasteiger partial charge in [0.2, 0.25) is 0 Å². The number of carbonyl (C=O) groups is 4. The molecular formula is C78H94O12S2. The zero-order valence-corrected chi connectivity index (χ0v) is 56.9. The SMILES string of the molecule is CCC(C)CC(=O)OC12CC3CC(C1)CC(C(=O)OCCS(=O)(=O)[O-])(C3)C2.CCC(C)c1ccc(C(C)(C)O)cc1.CCC(C)c1ccc(O)cc1.CCC(C)c1ccc2c(c1)C(=O)c1ccccc1C2=O.Oc1ccc([S+](c2ccccc2)c2ccccc2)cc1. The molecule has 0 amide bonds. The predicted molar refractivity (Wildman–Crippen MR) is 364 cm³/mol. The van der Waals surface area contributed by atoms with Gasteiger partial charge in [-0.05, 0) is 190 Å². The topological polar surface area (TPSA) is 205 Å². The average molecular weight is 1290 g/mol. The highest BCUT2D eigenvalue weighted by molar-refractivity contribution is 7.97. The Morgan fingerprint density at radius 3 is 1.47 bits per heavy atom. The van der Waals surface area contributed by atoms with Crippen LogP contribution in [0.3, 0.4) is 0 Å². The monoisotopic (exact) mass is 1290 g/mol. The molecule has 5 aliphatic rings. The summed E-state index contributed by atoms with van der Waals surface area (Å²) in [6.07, 6.45) is 9.05. The number of ketones is 2. The van der Waals surface area contributed by atoms with E-state index >= 15 is 0 Å². The third-order valence-electron chi connectivity index (χ3n) is 18.6. The molecule has 0 radical (unpaired) electrons. The first-order chi connectivity index (χ1) is 43.7. The normalized spacial score (nSPS) is 19.7. The fourth-order valence-corrected chi connectivity index (χ4v) is 15.3. The first-order valence-corrected chi connectivity index (χ1v) is 35.4. The van der Waals surface area contributed by atoms with E-state index in [1.807, 2.05) is 88.4 Å². The van der Waals surface area contributed by atoms with Crippen LogP contribution in [0, 0.1) is 23.2 Å². The van der Waals surface area contributed by atoms with Gasteiger partial charge in [0.15, 0.2) is 26.3 Å². The number of benzene rings is 7. The van der Waals surface area contributed by atoms with Crippen LogP contribution in [0.2, 0.25) is 0 Å². The van der Waals surface area contributed by atoms with E-state index < -0.39 is 45.1 Å². The van der Waals surface area contributed by atoms with Crippen LogP contribution in [0.1, 0.15) is 212 Å². The maximum absolute atomic E-state index is 12.8. The quantitative estimate of drug-likeness (QED) is 0.0417. The highest BCUT2D eigenvalue weighted by Crippen LogP contribution is 2.63. The minimum atomic E-state index is -4.41. The summed E-state index contributed by atoms with van der Waals surface area (Å²) in [5, 5.41) is 28.3. The Bertz CT molecular complexity index is 3600. The van der Waals surface area contributed by atoms with Gasteiger partial charge >= 0.3 is 11.9 Å². The smallest absolute Gasteiger partial charge is 0.312 e. The van der Waals surface area contributed by atoms with Gasteiger partial charge in [-0.15, -0.1) is 0 Å². The molecule has 0 aliphatic heterocycles. The van der Waals surface area contributed by atoms with Crippen molar-refractivity contribution in [1.29, 1.82) is 0 Å². The zero-order chi connectivity index (χ0) is 67.0. The maximum Gasteiger partial charge on any atom is 0.312 e. The molecule has 5 aliphatic carbocycles. The van der Waals surface area contributed by atoms with Gasteiger partial charge in [0, 0.05) is 35.1 Å². The molecule has 6 atom stereocenters. The predicted octanol–water partition coefficient (Wildman–Crippen LogP) is 17.2. The number of esters is 2. The number of hydrogen-bond acceptors (Lipinski definition) is 12. The Balaban J connectivity index is 0.000000168. The van der Waals surface area contributed by atoms with Crippen molar-refractivity contribution in [2.24, 2.45) is 23.2 Å². The van der Waals surface area contributed by atoms with E-state index in [0.717, 1.165) is 56.1 Å². The minimum absolute atomic E-state index is 0.0413. The van der Waals surface area contributed by atoms with E-state index in [-0.39, 0.29) is 34.3 Å². The summed E-state index contributed by atoms with van der Waals surface area (Å²) in [5.74, 6) is 1.69. The lowest BCUT2D eigenvalue weighted by Gasteiger charge is -2.59. The molecule has 0 spiro atoms. The fraction of sp³-hybridized carbons (Fsp3) is 0.410. The molecule has 0 heterocycles. The Morgan fingerprint density at radius 2 is 1.00 bits per heavy atom. The van der Waals surface area contributed by atoms with Crippen LogP contribution in [-0.2, 0) is 45.7 Å². The molecule has 12 rings (SSSR count). The Kier molecular flexibility index (Phi) is 25.4. The summed E-state index contributed by atoms with van der Waals surface area (Å²) in [6.45, 7) is 20.3. The summed E-state index contributed by atoms with van der Waals surface area (Å²) in [7, 11) is -4.55. The first kappa shape index (κ1) is 72.1. The largest absolute Gasteiger partial charge is 0.748 e. The van der Waals surface area contributed by atoms with E-state index in [0.29, 0.717) is 89.0 Å². The van der Waals surface area contributed by atoms with E-state index in [9.17, 15) is 42.4 Å². The van der Waals surface area contributed by atoms with Crippen molar-refractivity contribution in [1.82, 2.24) is 0 Å². The number of fused-ring (bicyclic) bond motifs is 2. The summed E-state index contributed by atoms with van der Waals surface area (Å²) < 4.78 is 43.4. The number of hydrogen-bond donors (Lipinski definition) is 3. The summed E-state index contributed by atoms with van der Waals surface area (Å²) in [4.78, 5) is 54.0. The number of phenols is 2. The number of rotatable bonds is 18. The van der Waals surface area contributed by atoms with Crippen molar-refractivity contribution in [3.63, 3.8) is 0 Å². The molecule has 12 nitrogen and oxygen atoms in total. The lowest BCUT2D eigenvalue weighted by molar-refractivity contribution is -0.213. The number of carbonyl (C=O) groups excluding carboxylic acids is 4. The lowest BCUT2D eigenvalue weighted by Crippen LogP contribution is -2.60. The molecule has 92 heavy (non-hydrogen) atoms. The van der Waals surface area contributed by atoms with Crippen LogP contribution in [0.4, 0.5) is 0 Å². The molecule has 0 saturated heterocycles. The Hall–Kier alpha value is -7.36. The number of phenolic OH excluding ortho intramolecular Hbond substituents is 2. The van der Waals surface area contributed by atoms with Crippen LogP contribution in [-0.4, -0.2) is 69.8 Å². The summed E-state index contributed by atoms with van der Waals surface area (Å²) in [5.41, 5.74) is 4.81. The lowest BCUT2D eigenvalue weighted by atomic mass is 9.48. The molecule has 490 valence electrons. The van der Waals surface area contributed by atoms with Crippen LogP contribution in [0.15, 0.2) is 191 Å². The molecule has 7 aromatic rings. The van der Waals surface area contributed by atoms with Crippen molar-refractivity contribution >= 4 is 44.5 Å². The maximum atomic E-state index is 12.8. The van der Waals surface area contributed by atoms with Gasteiger partial charge in [-0.3, -0.25) is 19.2 Å². The minimum Gasteiger partial charge on any atom is -0.748 e. The second-order valence-electron chi connectivity index (χ2n) is 26.1. The molecule has 4 bridgehead atoms. The van der Waals surface area contributed by atoms with E-state index in [4.69, 9.17) is 14.6 Å². The highest BCUT2D eigenvalue weighted by Gasteiger charge is 2.63. The number of aliphatic hydroxyl groups is 1. The third-order valence-corrected chi connectivity index (χ3v) is 21.5. The fourth-order valence-electron chi connectivity index (χ4n) is 12.9. The van der Waals surface area contributed by atoms with Gasteiger partial charge < -0.3 is 29.3 Å². The van der Waals surface area contributed by atoms with Crippen LogP contribution in [0.25, 0.3) is 0 Å². The van der Waals surface area contributed by atoms with E-state index in [2.05, 4.69) is 102 Å². The molecule has 0 aromatic heterocycles. The molecule has 6 unspecified atom stereocenters. The second kappa shape index (κ2) is 32.5. The Labute approximate surface area is 549 Å². The van der Waals surface area contributed by atoms with E-state index in [1.54, 1.807) is 54.6 Å². The van der Waals surface area contributed by atoms with Gasteiger partial charge in [-0.1, -0.05) is 171 Å². The van der Waals surface area contributed by atoms with Crippen molar-refractivity contribution < 1.29 is 56.9 Å². The van der Waals surface area contributed by atoms with Gasteiger partial charge in [-0.2, -0.15) is 0 Å². The second-order valence-corrected chi connectivity index (χ2v) is 29.7. The third kappa shape index (κ3) is 19.4. The first-order valence-electron chi connectivity index (χ1n) is 32.6. The van der Waals surface area contributed by atoms with Crippen molar-refractivity contribution in [3.05, 3.63) is 220 Å². The van der Waals surface area contributed by atoms with Gasteiger partial charge in [0.1, 0.15) is 23.7 Å². The zero-order valence-electron chi connectivity index (χ0n) is 55.2. The molecule has 4 saturated carbocycles. The van der Waals surface area contributed by atoms with Gasteiger partial charge in [-0.25, -0.2) is 8.42 Å². The highest BCUT2D eigenvalue weighted by atomic mass is 32.2. The average Bonchev–Trinajstić information content (AvgIpc) is 0.722. The number of ether oxygens (including phenoxy) is 2. The van der Waals surface area contributed by atoms with Crippen molar-refractivity contribution in [2.75, 3.05) is 12.4 Å². The summed E-state index contributed by atoms with van der Waals surface area (Å²) >= 11 is 0. The van der Waals surface area contributed by atoms with Crippen LogP contribution < -0.4 is 0 Å². The number of aromatic hydroxyl groups is 2. The van der Waals surface area contributed by atoms with Crippen LogP contribution >= 0.6 is 0 Å². The standard InChI is InChI=1S/C19H30O7S.C18H16O2.C18H14OS.C13H20O.C10H14O/c1-3-13(2)6-16(20)26-19-10-14-7-15(11-19)9-18(8-14,12-19)17(21)25-4-5-27(22,23)24;1-3-11(2)12-8-9-15-16(10-12)18(20)14-7-5-4-6-13(14)17(15)19;19-15-11-13-18(14-12-15)20(16-7-3-1-4-8-16)17-9-5-2-6-10-17;1-5-10(2)11-6-8-12(9-7-11)13(3,4)14;1-3-8(2)9-4-6-10(11)7-5-9/h13-15H,3-12H2,1-2H3,(H,22,23,24);4-11H,3H2,1-2H3;1-14H;6-10,14H,5H2,1-4H3;4-8,11H,3H2,1-2H3. The molecule has 7 aromatic carbocycles. The van der Waals surface area contributed by atoms with Crippen LogP contribution in [0.5, 0.6) is 11.5 Å². The molecule has 14 heteroatoms. The summed E-state index contributed by atoms with van der Waals surface area (Å²) in [6, 6.07) is 56.8. The van der Waals surface area contributed by atoms with E-state index in [1.165, 1.54) is 25.8 Å². The van der Waals surface area contributed by atoms with Crippen molar-refractivity contribution in [3.8, 4) is 11.5 Å². The molecule has 3 N–H and O–H groups in total.